The number of hydrogen-bond acceptors (Lipinski definition) is 3. The molecule has 0 fully saturated rings. The molecule has 0 aliphatic rings. The molecule has 0 spiro atoms. The third kappa shape index (κ3) is 0.988. The number of nitrogens with zero attached hydrogens (tertiary/aromatic N) is 1. The van der Waals surface area contributed by atoms with E-state index in [2.05, 4.69) is 5.16 Å². The molecule has 1 aromatic heterocycles. The molecule has 3 nitrogen and oxygen atoms in total. The van der Waals surface area contributed by atoms with Crippen LogP contribution in [0.4, 0.5) is 0 Å². The van der Waals surface area contributed by atoms with Crippen LogP contribution in [-0.4, -0.2) is 11.4 Å². The first-order valence-electron chi connectivity index (χ1n) is 2.77. The molecule has 1 rings (SSSR count). The highest BCUT2D eigenvalue weighted by atomic mass is 16.5. The van der Waals surface area contributed by atoms with Crippen molar-refractivity contribution >= 4 is 6.29 Å². The summed E-state index contributed by atoms with van der Waals surface area (Å²) in [6.07, 6.45) is 2.88. The fraction of sp³-hybridized carbons (Fsp3) is 0.333. The average Bonchev–Trinajstić information content (AvgIpc) is 2.33. The van der Waals surface area contributed by atoms with Crippen LogP contribution in [0.2, 0.25) is 0 Å². The standard InChI is InChI=1S/C6H7NO2/c1-2-6-5(4-8)3-7-9-6/h3-4H,2H2,1H3. The summed E-state index contributed by atoms with van der Waals surface area (Å²) in [6.45, 7) is 1.91. The van der Waals surface area contributed by atoms with E-state index in [4.69, 9.17) is 4.52 Å². The van der Waals surface area contributed by atoms with Gasteiger partial charge in [0.15, 0.2) is 6.29 Å². The molecule has 0 amide bonds. The van der Waals surface area contributed by atoms with Crippen LogP contribution >= 0.6 is 0 Å². The minimum absolute atomic E-state index is 0.553. The van der Waals surface area contributed by atoms with E-state index in [1.165, 1.54) is 6.20 Å². The summed E-state index contributed by atoms with van der Waals surface area (Å²) in [5.41, 5.74) is 0.553. The van der Waals surface area contributed by atoms with Gasteiger partial charge in [-0.1, -0.05) is 12.1 Å². The van der Waals surface area contributed by atoms with Crippen LogP contribution in [0.3, 0.4) is 0 Å². The second-order valence-corrected chi connectivity index (χ2v) is 1.68. The first-order chi connectivity index (χ1) is 4.38. The summed E-state index contributed by atoms with van der Waals surface area (Å²) in [5, 5.41) is 3.46. The van der Waals surface area contributed by atoms with Crippen molar-refractivity contribution in [3.63, 3.8) is 0 Å². The maximum absolute atomic E-state index is 10.1. The molecule has 0 saturated carbocycles. The Morgan fingerprint density at radius 1 is 1.89 bits per heavy atom. The number of aromatic nitrogens is 1. The van der Waals surface area contributed by atoms with Gasteiger partial charge in [-0.05, 0) is 0 Å². The number of aryl methyl sites for hydroxylation is 1. The fourth-order valence-corrected chi connectivity index (χ4v) is 0.636. The second kappa shape index (κ2) is 2.44. The van der Waals surface area contributed by atoms with Gasteiger partial charge in [0.1, 0.15) is 5.76 Å². The Kier molecular flexibility index (Phi) is 1.63. The molecule has 0 aliphatic heterocycles. The number of hydrogen-bond donors (Lipinski definition) is 0. The molecular weight excluding hydrogens is 118 g/mol. The van der Waals surface area contributed by atoms with Gasteiger partial charge in [0.2, 0.25) is 0 Å². The van der Waals surface area contributed by atoms with Gasteiger partial charge in [-0.15, -0.1) is 0 Å². The Bertz CT molecular complexity index is 205. The molecule has 9 heavy (non-hydrogen) atoms. The second-order valence-electron chi connectivity index (χ2n) is 1.68. The van der Waals surface area contributed by atoms with Crippen LogP contribution in [-0.2, 0) is 6.42 Å². The zero-order valence-corrected chi connectivity index (χ0v) is 5.13. The number of carbonyl (C=O) groups is 1. The van der Waals surface area contributed by atoms with Gasteiger partial charge in [-0.3, -0.25) is 4.79 Å². The lowest BCUT2D eigenvalue weighted by atomic mass is 10.2. The Morgan fingerprint density at radius 3 is 3.11 bits per heavy atom. The molecule has 0 saturated heterocycles. The minimum atomic E-state index is 0.553. The largest absolute Gasteiger partial charge is 0.361 e. The molecular formula is C6H7NO2. The topological polar surface area (TPSA) is 43.1 Å². The van der Waals surface area contributed by atoms with E-state index in [0.717, 1.165) is 6.29 Å². The molecule has 3 heteroatoms. The van der Waals surface area contributed by atoms with Crippen molar-refractivity contribution in [1.82, 2.24) is 5.16 Å². The van der Waals surface area contributed by atoms with Gasteiger partial charge in [0.25, 0.3) is 0 Å². The van der Waals surface area contributed by atoms with Gasteiger partial charge in [-0.2, -0.15) is 0 Å². The maximum Gasteiger partial charge on any atom is 0.155 e. The third-order valence-corrected chi connectivity index (χ3v) is 1.12. The summed E-state index contributed by atoms with van der Waals surface area (Å²) in [5.74, 6) is 0.657. The molecule has 0 radical (unpaired) electrons. The molecule has 1 heterocycles. The molecule has 0 atom stereocenters. The lowest BCUT2D eigenvalue weighted by molar-refractivity contribution is 0.112. The van der Waals surface area contributed by atoms with E-state index in [9.17, 15) is 4.79 Å². The van der Waals surface area contributed by atoms with Gasteiger partial charge in [-0.25, -0.2) is 0 Å². The first kappa shape index (κ1) is 6.01. The van der Waals surface area contributed by atoms with Crippen molar-refractivity contribution in [3.05, 3.63) is 17.5 Å². The SMILES string of the molecule is CCc1oncc1C=O. The van der Waals surface area contributed by atoms with Gasteiger partial charge >= 0.3 is 0 Å². The van der Waals surface area contributed by atoms with Crippen LogP contribution in [0.15, 0.2) is 10.7 Å². The van der Waals surface area contributed by atoms with Crippen LogP contribution in [0.25, 0.3) is 0 Å². The lowest BCUT2D eigenvalue weighted by Gasteiger charge is -1.83. The van der Waals surface area contributed by atoms with Crippen LogP contribution in [0.1, 0.15) is 23.0 Å². The van der Waals surface area contributed by atoms with E-state index >= 15 is 0 Å². The predicted molar refractivity (Wildman–Crippen MR) is 31.3 cm³/mol. The van der Waals surface area contributed by atoms with Crippen molar-refractivity contribution in [2.24, 2.45) is 0 Å². The number of aldehydes is 1. The van der Waals surface area contributed by atoms with Gasteiger partial charge < -0.3 is 4.52 Å². The van der Waals surface area contributed by atoms with Crippen molar-refractivity contribution in [3.8, 4) is 0 Å². The van der Waals surface area contributed by atoms with E-state index in [1.54, 1.807) is 0 Å². The number of rotatable bonds is 2. The highest BCUT2D eigenvalue weighted by molar-refractivity contribution is 5.75. The molecule has 0 bridgehead atoms. The zero-order chi connectivity index (χ0) is 6.69. The quantitative estimate of drug-likeness (QED) is 0.555. The normalized spacial score (nSPS) is 9.44. The van der Waals surface area contributed by atoms with Crippen molar-refractivity contribution in [2.75, 3.05) is 0 Å². The highest BCUT2D eigenvalue weighted by Gasteiger charge is 2.01. The zero-order valence-electron chi connectivity index (χ0n) is 5.13. The Hall–Kier alpha value is -1.12. The maximum atomic E-state index is 10.1. The predicted octanol–water partition coefficient (Wildman–Crippen LogP) is 1.05. The molecule has 0 aromatic carbocycles. The summed E-state index contributed by atoms with van der Waals surface area (Å²) in [6, 6.07) is 0. The third-order valence-electron chi connectivity index (χ3n) is 1.12. The number of carbonyl (C=O) groups excluding carboxylic acids is 1. The molecule has 0 aliphatic carbocycles. The average molecular weight is 125 g/mol. The highest BCUT2D eigenvalue weighted by Crippen LogP contribution is 2.04. The summed E-state index contributed by atoms with van der Waals surface area (Å²) >= 11 is 0. The van der Waals surface area contributed by atoms with Crippen molar-refractivity contribution in [1.29, 1.82) is 0 Å². The van der Waals surface area contributed by atoms with Crippen LogP contribution in [0.5, 0.6) is 0 Å². The minimum Gasteiger partial charge on any atom is -0.361 e. The fourth-order valence-electron chi connectivity index (χ4n) is 0.636. The lowest BCUT2D eigenvalue weighted by Crippen LogP contribution is -1.81. The van der Waals surface area contributed by atoms with Gasteiger partial charge in [0, 0.05) is 6.42 Å². The molecule has 0 N–H and O–H groups in total. The smallest absolute Gasteiger partial charge is 0.155 e. The van der Waals surface area contributed by atoms with Crippen LogP contribution in [0, 0.1) is 0 Å². The Balaban J connectivity index is 2.98. The summed E-state index contributed by atoms with van der Waals surface area (Å²) in [4.78, 5) is 10.1. The van der Waals surface area contributed by atoms with E-state index in [1.807, 2.05) is 6.92 Å². The summed E-state index contributed by atoms with van der Waals surface area (Å²) < 4.78 is 4.72. The van der Waals surface area contributed by atoms with E-state index in [0.29, 0.717) is 17.7 Å². The monoisotopic (exact) mass is 125 g/mol. The van der Waals surface area contributed by atoms with Crippen LogP contribution < -0.4 is 0 Å². The van der Waals surface area contributed by atoms with Crippen molar-refractivity contribution in [2.45, 2.75) is 13.3 Å². The van der Waals surface area contributed by atoms with E-state index in [-0.39, 0.29) is 0 Å². The van der Waals surface area contributed by atoms with E-state index < -0.39 is 0 Å². The molecule has 48 valence electrons. The Morgan fingerprint density at radius 2 is 2.67 bits per heavy atom. The molecule has 1 aromatic rings. The molecule has 0 unspecified atom stereocenters. The Labute approximate surface area is 52.7 Å². The van der Waals surface area contributed by atoms with Crippen molar-refractivity contribution < 1.29 is 9.32 Å². The van der Waals surface area contributed by atoms with Gasteiger partial charge in [0.05, 0.1) is 11.8 Å². The summed E-state index contributed by atoms with van der Waals surface area (Å²) in [7, 11) is 0. The first-order valence-corrected chi connectivity index (χ1v) is 2.77.